The highest BCUT2D eigenvalue weighted by Gasteiger charge is 2.32. The van der Waals surface area contributed by atoms with Crippen LogP contribution in [0.5, 0.6) is 0 Å². The van der Waals surface area contributed by atoms with Crippen molar-refractivity contribution in [1.82, 2.24) is 29.9 Å². The number of likely N-dealkylation sites (tertiary alicyclic amines) is 1. The van der Waals surface area contributed by atoms with Gasteiger partial charge < -0.3 is 20.3 Å². The number of hydrogen-bond acceptors (Lipinski definition) is 6. The Hall–Kier alpha value is -3.58. The van der Waals surface area contributed by atoms with Gasteiger partial charge in [0.2, 0.25) is 5.91 Å². The van der Waals surface area contributed by atoms with E-state index in [1.807, 2.05) is 52.2 Å². The van der Waals surface area contributed by atoms with E-state index in [9.17, 15) is 9.59 Å². The third-order valence-electron chi connectivity index (χ3n) is 9.22. The number of aryl methyl sites for hydroxylation is 1. The first kappa shape index (κ1) is 34.3. The smallest absolute Gasteiger partial charge is 0.322 e. The highest BCUT2D eigenvalue weighted by Crippen LogP contribution is 2.28. The molecule has 0 saturated carbocycles. The predicted molar refractivity (Wildman–Crippen MR) is 196 cm³/mol. The molecule has 1 saturated heterocycles. The van der Waals surface area contributed by atoms with Crippen molar-refractivity contribution in [2.24, 2.45) is 0 Å². The van der Waals surface area contributed by atoms with Gasteiger partial charge in [0.25, 0.3) is 0 Å². The molecule has 2 aromatic heterocycles. The minimum atomic E-state index is -1.15. The standard InChI is InChI=1S/C36H46BrN7O3Si/c1-25-18-26(19-28-21-43(41-35(25)28)24-47-16-17-48(2,3)4)20-32(31-10-7-11-33(37)38-31)39-34(45)23-42-14-12-29(13-15-42)44-22-27-8-5-6-9-30(27)40-36(44)46/h5-11,18-19,21,29,32H,12-17,20,22-24H2,1-4H3,(H,39,45)(H,40,46). The van der Waals surface area contributed by atoms with E-state index in [1.165, 1.54) is 0 Å². The first-order chi connectivity index (χ1) is 23.0. The molecule has 2 aliphatic rings. The highest BCUT2D eigenvalue weighted by atomic mass is 79.9. The minimum absolute atomic E-state index is 0.0362. The number of carbonyl (C=O) groups excluding carboxylic acids is 2. The Morgan fingerprint density at radius 1 is 1.12 bits per heavy atom. The Kier molecular flexibility index (Phi) is 10.6. The average molecular weight is 733 g/mol. The number of pyridine rings is 1. The van der Waals surface area contributed by atoms with Gasteiger partial charge in [-0.3, -0.25) is 9.69 Å². The van der Waals surface area contributed by atoms with Crippen molar-refractivity contribution in [1.29, 1.82) is 0 Å². The van der Waals surface area contributed by atoms with Crippen molar-refractivity contribution in [3.63, 3.8) is 0 Å². The topological polar surface area (TPSA) is 105 Å². The molecule has 254 valence electrons. The minimum Gasteiger partial charge on any atom is -0.360 e. The summed E-state index contributed by atoms with van der Waals surface area (Å²) < 4.78 is 8.55. The fraction of sp³-hybridized carbons (Fsp3) is 0.444. The summed E-state index contributed by atoms with van der Waals surface area (Å²) in [4.78, 5) is 35.2. The molecule has 2 N–H and O–H groups in total. The maximum Gasteiger partial charge on any atom is 0.322 e. The number of amides is 3. The monoisotopic (exact) mass is 731 g/mol. The lowest BCUT2D eigenvalue weighted by molar-refractivity contribution is -0.123. The number of fused-ring (bicyclic) bond motifs is 2. The normalized spacial score (nSPS) is 16.5. The van der Waals surface area contributed by atoms with E-state index >= 15 is 0 Å². The third-order valence-corrected chi connectivity index (χ3v) is 11.4. The molecule has 6 rings (SSSR count). The van der Waals surface area contributed by atoms with E-state index in [2.05, 4.69) is 76.2 Å². The Morgan fingerprint density at radius 3 is 2.69 bits per heavy atom. The van der Waals surface area contributed by atoms with Crippen LogP contribution in [0.4, 0.5) is 10.5 Å². The first-order valence-corrected chi connectivity index (χ1v) is 21.3. The zero-order valence-electron chi connectivity index (χ0n) is 28.3. The van der Waals surface area contributed by atoms with Gasteiger partial charge in [-0.05, 0) is 89.1 Å². The Balaban J connectivity index is 1.08. The fourth-order valence-electron chi connectivity index (χ4n) is 6.59. The van der Waals surface area contributed by atoms with Crippen molar-refractivity contribution in [2.75, 3.05) is 31.6 Å². The third kappa shape index (κ3) is 8.71. The Morgan fingerprint density at radius 2 is 1.92 bits per heavy atom. The van der Waals surface area contributed by atoms with Gasteiger partial charge >= 0.3 is 6.03 Å². The highest BCUT2D eigenvalue weighted by molar-refractivity contribution is 9.10. The van der Waals surface area contributed by atoms with Gasteiger partial charge in [0.1, 0.15) is 11.3 Å². The van der Waals surface area contributed by atoms with Gasteiger partial charge in [-0.25, -0.2) is 14.5 Å². The number of benzene rings is 2. The second-order valence-corrected chi connectivity index (χ2v) is 20.7. The van der Waals surface area contributed by atoms with Gasteiger partial charge in [-0.2, -0.15) is 5.10 Å². The Bertz CT molecular complexity index is 1770. The maximum absolute atomic E-state index is 13.5. The zero-order valence-corrected chi connectivity index (χ0v) is 30.9. The Labute approximate surface area is 292 Å². The van der Waals surface area contributed by atoms with Crippen LogP contribution in [0.2, 0.25) is 25.7 Å². The molecule has 0 radical (unpaired) electrons. The van der Waals surface area contributed by atoms with E-state index in [-0.39, 0.29) is 24.0 Å². The summed E-state index contributed by atoms with van der Waals surface area (Å²) in [5.74, 6) is -0.0362. The number of ether oxygens (including phenoxy) is 1. The van der Waals surface area contributed by atoms with E-state index in [0.29, 0.717) is 26.2 Å². The summed E-state index contributed by atoms with van der Waals surface area (Å²) in [6.07, 6.45) is 4.30. The first-order valence-electron chi connectivity index (χ1n) is 16.8. The summed E-state index contributed by atoms with van der Waals surface area (Å²) >= 11 is 3.51. The number of hydrogen-bond donors (Lipinski definition) is 2. The van der Waals surface area contributed by atoms with Crippen LogP contribution in [-0.4, -0.2) is 76.9 Å². The van der Waals surface area contributed by atoms with Crippen molar-refractivity contribution < 1.29 is 14.3 Å². The number of halogens is 1. The number of urea groups is 1. The molecule has 0 bridgehead atoms. The molecular weight excluding hydrogens is 686 g/mol. The SMILES string of the molecule is Cc1cc(CC(NC(=O)CN2CCC(N3Cc4ccccc4NC3=O)CC2)c2cccc(Br)n2)cc2cn(COCC[Si](C)(C)C)nc12. The number of carbonyl (C=O) groups is 2. The van der Waals surface area contributed by atoms with Crippen molar-refractivity contribution >= 4 is 52.5 Å². The number of rotatable bonds is 12. The molecule has 48 heavy (non-hydrogen) atoms. The van der Waals surface area contributed by atoms with Gasteiger partial charge in [0.15, 0.2) is 0 Å². The molecule has 1 unspecified atom stereocenters. The summed E-state index contributed by atoms with van der Waals surface area (Å²) in [7, 11) is -1.15. The van der Waals surface area contributed by atoms with Crippen LogP contribution in [0, 0.1) is 6.92 Å². The predicted octanol–water partition coefficient (Wildman–Crippen LogP) is 6.73. The number of aromatic nitrogens is 3. The summed E-state index contributed by atoms with van der Waals surface area (Å²) in [5, 5.41) is 12.2. The van der Waals surface area contributed by atoms with Crippen molar-refractivity contribution in [3.05, 3.63) is 87.8 Å². The molecule has 3 amide bonds. The number of anilines is 1. The van der Waals surface area contributed by atoms with Gasteiger partial charge in [0.05, 0.1) is 23.8 Å². The second-order valence-electron chi connectivity index (χ2n) is 14.3. The number of para-hydroxylation sites is 1. The van der Waals surface area contributed by atoms with Gasteiger partial charge in [-0.1, -0.05) is 50.0 Å². The molecule has 4 heterocycles. The molecule has 0 spiro atoms. The van der Waals surface area contributed by atoms with E-state index in [0.717, 1.165) is 82.2 Å². The van der Waals surface area contributed by atoms with Crippen LogP contribution in [0.1, 0.15) is 41.3 Å². The molecule has 4 aromatic rings. The quantitative estimate of drug-likeness (QED) is 0.0952. The van der Waals surface area contributed by atoms with Crippen molar-refractivity contribution in [2.45, 2.75) is 77.2 Å². The summed E-state index contributed by atoms with van der Waals surface area (Å²) in [6, 6.07) is 19.0. The van der Waals surface area contributed by atoms with Gasteiger partial charge in [0, 0.05) is 57.6 Å². The van der Waals surface area contributed by atoms with Crippen LogP contribution in [0.15, 0.2) is 65.4 Å². The molecule has 1 atom stereocenters. The lowest BCUT2D eigenvalue weighted by atomic mass is 9.99. The lowest BCUT2D eigenvalue weighted by Gasteiger charge is -2.40. The molecule has 12 heteroatoms. The molecule has 2 aromatic carbocycles. The van der Waals surface area contributed by atoms with Gasteiger partial charge in [-0.15, -0.1) is 0 Å². The molecule has 10 nitrogen and oxygen atoms in total. The van der Waals surface area contributed by atoms with E-state index in [1.54, 1.807) is 0 Å². The zero-order chi connectivity index (χ0) is 33.8. The lowest BCUT2D eigenvalue weighted by Crippen LogP contribution is -2.51. The molecular formula is C36H46BrN7O3Si. The number of piperidine rings is 1. The summed E-state index contributed by atoms with van der Waals surface area (Å²) in [6.45, 7) is 12.7. The maximum atomic E-state index is 13.5. The average Bonchev–Trinajstić information content (AvgIpc) is 3.46. The van der Waals surface area contributed by atoms with Crippen LogP contribution in [-0.2, 0) is 29.2 Å². The van der Waals surface area contributed by atoms with Crippen LogP contribution in [0.25, 0.3) is 10.9 Å². The largest absolute Gasteiger partial charge is 0.360 e. The number of nitrogens with zero attached hydrogens (tertiary/aromatic N) is 5. The van der Waals surface area contributed by atoms with Crippen LogP contribution in [0.3, 0.4) is 0 Å². The second kappa shape index (κ2) is 14.9. The van der Waals surface area contributed by atoms with Crippen LogP contribution < -0.4 is 10.6 Å². The molecule has 1 fully saturated rings. The van der Waals surface area contributed by atoms with Crippen molar-refractivity contribution in [3.8, 4) is 0 Å². The number of nitrogens with one attached hydrogen (secondary N) is 2. The molecule has 0 aliphatic carbocycles. The molecule has 2 aliphatic heterocycles. The van der Waals surface area contributed by atoms with E-state index < -0.39 is 8.07 Å². The summed E-state index contributed by atoms with van der Waals surface area (Å²) in [5.41, 5.74) is 5.99. The van der Waals surface area contributed by atoms with E-state index in [4.69, 9.17) is 14.8 Å². The fourth-order valence-corrected chi connectivity index (χ4v) is 7.70. The van der Waals surface area contributed by atoms with Crippen LogP contribution >= 0.6 is 15.9 Å².